The van der Waals surface area contributed by atoms with Crippen molar-refractivity contribution < 1.29 is 8.42 Å². The first-order chi connectivity index (χ1) is 7.95. The van der Waals surface area contributed by atoms with E-state index in [0.29, 0.717) is 23.1 Å². The van der Waals surface area contributed by atoms with E-state index in [1.165, 1.54) is 0 Å². The van der Waals surface area contributed by atoms with Gasteiger partial charge in [-0.15, -0.1) is 11.6 Å². The fraction of sp³-hybridized carbons (Fsp3) is 0.538. The molecule has 0 radical (unpaired) electrons. The van der Waals surface area contributed by atoms with Crippen molar-refractivity contribution in [3.63, 3.8) is 0 Å². The van der Waals surface area contributed by atoms with Crippen LogP contribution in [0.15, 0.2) is 29.2 Å². The van der Waals surface area contributed by atoms with Crippen molar-refractivity contribution in [2.45, 2.75) is 31.6 Å². The minimum atomic E-state index is -3.14. The topological polar surface area (TPSA) is 34.1 Å². The molecule has 17 heavy (non-hydrogen) atoms. The van der Waals surface area contributed by atoms with Gasteiger partial charge in [-0.3, -0.25) is 0 Å². The van der Waals surface area contributed by atoms with E-state index >= 15 is 0 Å². The lowest BCUT2D eigenvalue weighted by Crippen LogP contribution is -2.10. The first kappa shape index (κ1) is 14.5. The van der Waals surface area contributed by atoms with Gasteiger partial charge in [-0.05, 0) is 43.4 Å². The quantitative estimate of drug-likeness (QED) is 0.745. The van der Waals surface area contributed by atoms with Gasteiger partial charge in [0.25, 0.3) is 0 Å². The second kappa shape index (κ2) is 6.41. The Labute approximate surface area is 109 Å². The van der Waals surface area contributed by atoms with E-state index in [9.17, 15) is 8.42 Å². The number of hydrogen-bond acceptors (Lipinski definition) is 2. The molecular weight excluding hydrogens is 256 g/mol. The van der Waals surface area contributed by atoms with Crippen molar-refractivity contribution in [3.05, 3.63) is 29.8 Å². The third-order valence-electron chi connectivity index (χ3n) is 2.83. The molecule has 1 aromatic carbocycles. The van der Waals surface area contributed by atoms with E-state index in [-0.39, 0.29) is 5.75 Å². The van der Waals surface area contributed by atoms with Crippen LogP contribution in [-0.4, -0.2) is 20.1 Å². The molecule has 0 bridgehead atoms. The summed E-state index contributed by atoms with van der Waals surface area (Å²) in [5.41, 5.74) is 0.972. The van der Waals surface area contributed by atoms with Gasteiger partial charge in [0.05, 0.1) is 10.6 Å². The summed E-state index contributed by atoms with van der Waals surface area (Å²) in [5.74, 6) is 1.15. The number of rotatable bonds is 6. The van der Waals surface area contributed by atoms with E-state index < -0.39 is 9.84 Å². The summed E-state index contributed by atoms with van der Waals surface area (Å²) in [5, 5.41) is 0. The predicted octanol–water partition coefficient (Wildman–Crippen LogP) is 3.42. The Kier molecular flexibility index (Phi) is 5.47. The van der Waals surface area contributed by atoms with E-state index in [2.05, 4.69) is 0 Å². The fourth-order valence-corrected chi connectivity index (χ4v) is 3.59. The van der Waals surface area contributed by atoms with Gasteiger partial charge in [0.15, 0.2) is 9.84 Å². The Hall–Kier alpha value is -0.540. The molecule has 0 saturated carbocycles. The lowest BCUT2D eigenvalue weighted by Gasteiger charge is -2.10. The summed E-state index contributed by atoms with van der Waals surface area (Å²) in [6.45, 7) is 3.93. The van der Waals surface area contributed by atoms with Crippen LogP contribution in [-0.2, 0) is 9.84 Å². The van der Waals surface area contributed by atoms with Crippen LogP contribution in [0.2, 0.25) is 0 Å². The molecule has 0 aliphatic rings. The SMILES string of the molecule is Cc1cccc(S(=O)(=O)CCC(C)CCCl)c1. The number of halogens is 1. The Bertz CT molecular complexity index is 454. The van der Waals surface area contributed by atoms with Crippen molar-refractivity contribution in [1.29, 1.82) is 0 Å². The second-order valence-corrected chi connectivity index (χ2v) is 6.99. The van der Waals surface area contributed by atoms with Crippen LogP contribution >= 0.6 is 11.6 Å². The predicted molar refractivity (Wildman–Crippen MR) is 72.3 cm³/mol. The molecule has 0 aliphatic heterocycles. The molecule has 1 rings (SSSR count). The van der Waals surface area contributed by atoms with E-state index in [0.717, 1.165) is 12.0 Å². The van der Waals surface area contributed by atoms with E-state index in [4.69, 9.17) is 11.6 Å². The Morgan fingerprint density at radius 3 is 2.59 bits per heavy atom. The summed E-state index contributed by atoms with van der Waals surface area (Å²) in [7, 11) is -3.14. The first-order valence-electron chi connectivity index (χ1n) is 5.81. The molecule has 0 N–H and O–H groups in total. The number of benzene rings is 1. The van der Waals surface area contributed by atoms with Crippen molar-refractivity contribution in [3.8, 4) is 0 Å². The van der Waals surface area contributed by atoms with Gasteiger partial charge in [0.2, 0.25) is 0 Å². The highest BCUT2D eigenvalue weighted by Crippen LogP contribution is 2.17. The van der Waals surface area contributed by atoms with Crippen molar-refractivity contribution in [2.75, 3.05) is 11.6 Å². The molecular formula is C13H19ClO2S. The zero-order chi connectivity index (χ0) is 12.9. The number of alkyl halides is 1. The van der Waals surface area contributed by atoms with Crippen LogP contribution in [0.5, 0.6) is 0 Å². The maximum absolute atomic E-state index is 12.1. The molecule has 4 heteroatoms. The zero-order valence-corrected chi connectivity index (χ0v) is 11.9. The summed E-state index contributed by atoms with van der Waals surface area (Å²) in [6, 6.07) is 7.07. The van der Waals surface area contributed by atoms with Gasteiger partial charge in [-0.2, -0.15) is 0 Å². The average molecular weight is 275 g/mol. The van der Waals surface area contributed by atoms with Crippen LogP contribution < -0.4 is 0 Å². The second-order valence-electron chi connectivity index (χ2n) is 4.51. The van der Waals surface area contributed by atoms with Crippen molar-refractivity contribution >= 4 is 21.4 Å². The molecule has 0 spiro atoms. The van der Waals surface area contributed by atoms with Crippen LogP contribution in [0.4, 0.5) is 0 Å². The summed E-state index contributed by atoms with van der Waals surface area (Å²) >= 11 is 5.63. The number of aryl methyl sites for hydroxylation is 1. The van der Waals surface area contributed by atoms with Crippen molar-refractivity contribution in [1.82, 2.24) is 0 Å². The maximum Gasteiger partial charge on any atom is 0.178 e. The van der Waals surface area contributed by atoms with Crippen LogP contribution in [0.25, 0.3) is 0 Å². The number of sulfone groups is 1. The maximum atomic E-state index is 12.1. The standard InChI is InChI=1S/C13H19ClO2S/c1-11(6-8-14)7-9-17(15,16)13-5-3-4-12(2)10-13/h3-5,10-11H,6-9H2,1-2H3. The van der Waals surface area contributed by atoms with Gasteiger partial charge in [0.1, 0.15) is 0 Å². The summed E-state index contributed by atoms with van der Waals surface area (Å²) in [4.78, 5) is 0.426. The van der Waals surface area contributed by atoms with Crippen LogP contribution in [0.3, 0.4) is 0 Å². The molecule has 0 aliphatic carbocycles. The molecule has 0 saturated heterocycles. The van der Waals surface area contributed by atoms with E-state index in [1.54, 1.807) is 18.2 Å². The highest BCUT2D eigenvalue weighted by atomic mass is 35.5. The van der Waals surface area contributed by atoms with Crippen molar-refractivity contribution in [2.24, 2.45) is 5.92 Å². The first-order valence-corrected chi connectivity index (χ1v) is 8.00. The Balaban J connectivity index is 2.69. The lowest BCUT2D eigenvalue weighted by atomic mass is 10.1. The Morgan fingerprint density at radius 2 is 2.00 bits per heavy atom. The minimum absolute atomic E-state index is 0.203. The smallest absolute Gasteiger partial charge is 0.178 e. The molecule has 1 atom stereocenters. The number of hydrogen-bond donors (Lipinski definition) is 0. The fourth-order valence-electron chi connectivity index (χ4n) is 1.61. The van der Waals surface area contributed by atoms with Crippen LogP contribution in [0, 0.1) is 12.8 Å². The van der Waals surface area contributed by atoms with Gasteiger partial charge in [-0.25, -0.2) is 8.42 Å². The molecule has 0 fully saturated rings. The normalized spacial score (nSPS) is 13.6. The lowest BCUT2D eigenvalue weighted by molar-refractivity contribution is 0.534. The average Bonchev–Trinajstić information content (AvgIpc) is 2.27. The van der Waals surface area contributed by atoms with Gasteiger partial charge in [0, 0.05) is 5.88 Å². The molecule has 0 amide bonds. The Morgan fingerprint density at radius 1 is 1.29 bits per heavy atom. The third-order valence-corrected chi connectivity index (χ3v) is 4.79. The summed E-state index contributed by atoms with van der Waals surface area (Å²) < 4.78 is 24.1. The minimum Gasteiger partial charge on any atom is -0.224 e. The van der Waals surface area contributed by atoms with Gasteiger partial charge < -0.3 is 0 Å². The van der Waals surface area contributed by atoms with E-state index in [1.807, 2.05) is 19.9 Å². The molecule has 0 heterocycles. The monoisotopic (exact) mass is 274 g/mol. The molecule has 0 aromatic heterocycles. The molecule has 2 nitrogen and oxygen atoms in total. The highest BCUT2D eigenvalue weighted by molar-refractivity contribution is 7.91. The van der Waals surface area contributed by atoms with Gasteiger partial charge >= 0.3 is 0 Å². The summed E-state index contributed by atoms with van der Waals surface area (Å²) in [6.07, 6.45) is 1.54. The van der Waals surface area contributed by atoms with Gasteiger partial charge in [-0.1, -0.05) is 19.1 Å². The third kappa shape index (κ3) is 4.68. The highest BCUT2D eigenvalue weighted by Gasteiger charge is 2.15. The largest absolute Gasteiger partial charge is 0.224 e. The zero-order valence-electron chi connectivity index (χ0n) is 10.3. The molecule has 1 aromatic rings. The molecule has 96 valence electrons. The van der Waals surface area contributed by atoms with Crippen LogP contribution in [0.1, 0.15) is 25.3 Å². The molecule has 1 unspecified atom stereocenters.